The van der Waals surface area contributed by atoms with Crippen LogP contribution in [0.3, 0.4) is 0 Å². The van der Waals surface area contributed by atoms with E-state index in [2.05, 4.69) is 238 Å². The first-order chi connectivity index (χ1) is 42.2. The zero-order valence-electron chi connectivity index (χ0n) is 53.3. The van der Waals surface area contributed by atoms with E-state index in [9.17, 15) is 0 Å². The zero-order chi connectivity index (χ0) is 61.6. The van der Waals surface area contributed by atoms with E-state index in [1.807, 2.05) is 84.0 Å². The van der Waals surface area contributed by atoms with Gasteiger partial charge >= 0.3 is 0 Å². The molecule has 6 aromatic carbocycles. The molecule has 0 bridgehead atoms. The van der Waals surface area contributed by atoms with Gasteiger partial charge in [0, 0.05) is 85.3 Å². The number of aryl methyl sites for hydroxylation is 1. The minimum atomic E-state index is -2.56. The van der Waals surface area contributed by atoms with E-state index in [1.54, 1.807) is 6.07 Å². The normalized spacial score (nSPS) is 18.6. The van der Waals surface area contributed by atoms with Gasteiger partial charge in [-0.1, -0.05) is 165 Å². The number of imidazole rings is 1. The minimum absolute atomic E-state index is 0. The smallest absolute Gasteiger partial charge is 0.213 e. The number of anilines is 4. The molecule has 9 nitrogen and oxygen atoms in total. The Morgan fingerprint density at radius 2 is 1.22 bits per heavy atom. The van der Waals surface area contributed by atoms with Crippen LogP contribution in [-0.4, -0.2) is 33.7 Å². The number of hydrogen-bond acceptors (Lipinski definition) is 7. The summed E-state index contributed by atoms with van der Waals surface area (Å²) in [4.78, 5) is 15.0. The summed E-state index contributed by atoms with van der Waals surface area (Å²) < 4.78 is 37.0. The van der Waals surface area contributed by atoms with E-state index in [4.69, 9.17) is 18.8 Å². The quantitative estimate of drug-likeness (QED) is 0.104. The average molecular weight is 1310 g/mol. The van der Waals surface area contributed by atoms with Crippen LogP contribution in [0, 0.1) is 18.8 Å². The average Bonchev–Trinajstić information content (AvgIpc) is 1.79. The molecule has 9 aromatic rings. The molecular weight excluding hydrogens is 1230 g/mol. The van der Waals surface area contributed by atoms with Gasteiger partial charge in [-0.15, -0.1) is 36.1 Å². The molecule has 0 unspecified atom stereocenters. The summed E-state index contributed by atoms with van der Waals surface area (Å²) in [6.07, 6.45) is 24.2. The van der Waals surface area contributed by atoms with Gasteiger partial charge in [-0.25, -0.2) is 4.98 Å². The van der Waals surface area contributed by atoms with Crippen LogP contribution in [-0.2, 0) is 38.9 Å². The largest absolute Gasteiger partial charge is 0.503 e. The summed E-state index contributed by atoms with van der Waals surface area (Å²) in [6.45, 7) is 21.9. The van der Waals surface area contributed by atoms with E-state index in [0.29, 0.717) is 28.0 Å². The van der Waals surface area contributed by atoms with Gasteiger partial charge in [0.05, 0.1) is 11.0 Å². The first kappa shape index (κ1) is 55.4. The van der Waals surface area contributed by atoms with Crippen LogP contribution < -0.4 is 25.2 Å². The molecule has 6 heterocycles. The Bertz CT molecular complexity index is 4350. The van der Waals surface area contributed by atoms with Crippen LogP contribution in [0.25, 0.3) is 61.0 Å². The van der Waals surface area contributed by atoms with Crippen LogP contribution in [0.15, 0.2) is 201 Å². The van der Waals surface area contributed by atoms with Crippen molar-refractivity contribution in [2.75, 3.05) is 9.80 Å². The van der Waals surface area contributed by atoms with Crippen LogP contribution in [0.2, 0.25) is 0 Å². The molecule has 3 aliphatic heterocycles. The summed E-state index contributed by atoms with van der Waals surface area (Å²) in [5.41, 5.74) is 16.2. The molecule has 12 rings (SSSR count). The number of aromatic nitrogens is 4. The summed E-state index contributed by atoms with van der Waals surface area (Å²) in [5, 5.41) is 8.35. The van der Waals surface area contributed by atoms with Gasteiger partial charge in [-0.2, -0.15) is 23.9 Å². The number of nitrogens with zero attached hydrogens (tertiary/aromatic N) is 6. The molecule has 3 aliphatic rings. The number of allylic oxidation sites excluding steroid dienone is 8. The Morgan fingerprint density at radius 1 is 0.605 bits per heavy atom. The van der Waals surface area contributed by atoms with Crippen LogP contribution in [0.5, 0.6) is 11.6 Å². The summed E-state index contributed by atoms with van der Waals surface area (Å²) in [5.74, 6) is 5.35. The molecule has 0 saturated heterocycles. The van der Waals surface area contributed by atoms with Crippen molar-refractivity contribution in [1.82, 2.24) is 29.7 Å². The van der Waals surface area contributed by atoms with Crippen molar-refractivity contribution in [3.63, 3.8) is 0 Å². The van der Waals surface area contributed by atoms with Gasteiger partial charge in [0.15, 0.2) is 14.6 Å². The van der Waals surface area contributed by atoms with Crippen molar-refractivity contribution >= 4 is 81.1 Å². The number of nitrogens with one attached hydrogen (secondary N) is 2. The fraction of sp³-hybridized carbons (Fsp3) is 0.203. The van der Waals surface area contributed by atoms with Gasteiger partial charge in [0.2, 0.25) is 5.95 Å². The van der Waals surface area contributed by atoms with Crippen molar-refractivity contribution in [1.29, 1.82) is 0 Å². The molecule has 0 atom stereocenters. The van der Waals surface area contributed by atoms with Gasteiger partial charge in [-0.3, -0.25) is 4.98 Å². The number of para-hydroxylation sites is 4. The number of fused-ring (bicyclic) bond motifs is 5. The maximum Gasteiger partial charge on any atom is 0.213 e. The molecule has 0 fully saturated rings. The number of benzene rings is 6. The van der Waals surface area contributed by atoms with Gasteiger partial charge in [0.1, 0.15) is 5.88 Å². The third-order valence-electron chi connectivity index (χ3n) is 15.9. The second-order valence-corrected chi connectivity index (χ2v) is 24.4. The Kier molecular flexibility index (Phi) is 15.7. The molecule has 3 aromatic heterocycles. The fourth-order valence-corrected chi connectivity index (χ4v) is 11.4. The first-order valence-electron chi connectivity index (χ1n) is 30.8. The fourth-order valence-electron chi connectivity index (χ4n) is 11.4. The Hall–Kier alpha value is -8.52. The van der Waals surface area contributed by atoms with E-state index < -0.39 is 6.98 Å². The molecule has 0 amide bonds. The van der Waals surface area contributed by atoms with Crippen LogP contribution >= 0.6 is 0 Å². The van der Waals surface area contributed by atoms with Gasteiger partial charge < -0.3 is 34.3 Å². The second-order valence-electron chi connectivity index (χ2n) is 24.4. The Labute approximate surface area is 527 Å². The molecule has 12 heteroatoms. The third kappa shape index (κ3) is 11.7. The van der Waals surface area contributed by atoms with Crippen molar-refractivity contribution in [3.05, 3.63) is 253 Å². The predicted molar refractivity (Wildman–Crippen MR) is 358 cm³/mol. The van der Waals surface area contributed by atoms with Gasteiger partial charge in [0.25, 0.3) is 0 Å². The maximum absolute atomic E-state index is 8.87. The topological polar surface area (TPSA) is 75.4 Å². The minimum Gasteiger partial charge on any atom is -0.503 e. The Morgan fingerprint density at radius 3 is 1.85 bits per heavy atom. The Balaban J connectivity index is 0.00000817. The molecule has 432 valence electrons. The number of ether oxygens (including phenoxy) is 1. The molecule has 0 saturated carbocycles. The van der Waals surface area contributed by atoms with Crippen molar-refractivity contribution in [3.8, 4) is 28.8 Å². The van der Waals surface area contributed by atoms with E-state index >= 15 is 0 Å². The summed E-state index contributed by atoms with van der Waals surface area (Å²) >= 11 is 0. The molecular formula is C74H71B2N8OPt-3. The van der Waals surface area contributed by atoms with Gasteiger partial charge in [-0.05, 0) is 139 Å². The molecule has 0 spiro atoms. The summed E-state index contributed by atoms with van der Waals surface area (Å²) in [6, 6.07) is 46.9. The molecule has 0 aliphatic carbocycles. The standard InChI is InChI=1S/C74H71B2N8O.Pt/c1-48(2)54-23-20-24-55(49(3)4)70(54)63-44-52(45-69(79-63)85-53-32-33-56-57-41-50(73(5,6)7)31-34-64(57)84(68(56)46-53)72-80-62-27-12-13-28-65(62)81(72)11)82-47-83(67-30-15-14-29-66(67)82)71-58(60-25-21-39-77-37-18-16-35-75-60)42-51(74(8,9)10)43-59(71)61-26-22-40-78-38-19-17-36-76-61;/h12-44,47-49,77-78H,1-11H3;/q-3;/b35-16-,36-17-,37-18-,38-19-,39-21-,40-22-,60-25-,61-26-;/i11D3;. The van der Waals surface area contributed by atoms with E-state index in [0.717, 1.165) is 72.2 Å². The van der Waals surface area contributed by atoms with Crippen molar-refractivity contribution in [2.45, 2.75) is 91.9 Å². The predicted octanol–water partition coefficient (Wildman–Crippen LogP) is 17.8. The molecule has 86 heavy (non-hydrogen) atoms. The SMILES string of the molecule is [2H]C([2H])([2H])n1c(-n2c3[c-]c(Oc4[c-]c(N5[CH-]N(c6c(/C7=C/C=C\N/C=C\C=C/[B]7)cc(C(C)(C)C)cc6/C6=C/C=C\N/C=C\C=C/[B]6)c6ccccc65)cc(-c5c(C(C)C)cccc5C(C)C)n4)ccc3c3cc(C(C)(C)C)ccc32)nc2ccccc21.[Pt]. The molecule has 2 N–H and O–H groups in total. The van der Waals surface area contributed by atoms with Crippen LogP contribution in [0.1, 0.15) is 119 Å². The number of rotatable bonds is 10. The van der Waals surface area contributed by atoms with Crippen molar-refractivity contribution in [2.24, 2.45) is 6.98 Å². The molecule has 2 radical (unpaired) electrons. The third-order valence-corrected chi connectivity index (χ3v) is 15.9. The first-order valence-corrected chi connectivity index (χ1v) is 29.3. The monoisotopic (exact) mass is 1310 g/mol. The van der Waals surface area contributed by atoms with Crippen molar-refractivity contribution < 1.29 is 29.9 Å². The van der Waals surface area contributed by atoms with Crippen LogP contribution in [0.4, 0.5) is 22.7 Å². The number of pyridine rings is 1. The number of hydrogen-bond donors (Lipinski definition) is 2. The van der Waals surface area contributed by atoms with E-state index in [-0.39, 0.29) is 55.6 Å². The van der Waals surface area contributed by atoms with E-state index in [1.165, 1.54) is 21.3 Å². The zero-order valence-corrected chi connectivity index (χ0v) is 52.6. The summed E-state index contributed by atoms with van der Waals surface area (Å²) in [7, 11) is 4.36. The second kappa shape index (κ2) is 24.5. The maximum atomic E-state index is 8.87.